The summed E-state index contributed by atoms with van der Waals surface area (Å²) < 4.78 is 0.957. The van der Waals surface area contributed by atoms with Crippen molar-refractivity contribution in [2.75, 3.05) is 16.3 Å². The highest BCUT2D eigenvalue weighted by molar-refractivity contribution is 9.10. The van der Waals surface area contributed by atoms with Gasteiger partial charge in [0.05, 0.1) is 12.2 Å². The summed E-state index contributed by atoms with van der Waals surface area (Å²) in [5.74, 6) is 0. The fraction of sp³-hybridized carbons (Fsp3) is 0.0667. The average Bonchev–Trinajstić information content (AvgIpc) is 2.76. The lowest BCUT2D eigenvalue weighted by molar-refractivity contribution is 0.256. The number of hydrogen-bond donors (Lipinski definition) is 0. The SMILES string of the molecule is O=C1N(c2ccc(Cl)cc2)CC(=S)N1c1ccc(Br)cc1. The zero-order valence-electron chi connectivity index (χ0n) is 10.8. The van der Waals surface area contributed by atoms with E-state index in [-0.39, 0.29) is 6.03 Å². The highest BCUT2D eigenvalue weighted by Gasteiger charge is 2.35. The van der Waals surface area contributed by atoms with Crippen molar-refractivity contribution < 1.29 is 4.79 Å². The van der Waals surface area contributed by atoms with Gasteiger partial charge in [-0.3, -0.25) is 9.80 Å². The van der Waals surface area contributed by atoms with Gasteiger partial charge in [-0.25, -0.2) is 4.79 Å². The Morgan fingerprint density at radius 3 is 2.19 bits per heavy atom. The molecule has 106 valence electrons. The molecule has 1 saturated heterocycles. The van der Waals surface area contributed by atoms with Crippen LogP contribution < -0.4 is 9.80 Å². The van der Waals surface area contributed by atoms with Crippen LogP contribution in [-0.4, -0.2) is 17.6 Å². The summed E-state index contributed by atoms with van der Waals surface area (Å²) in [5.41, 5.74) is 1.55. The van der Waals surface area contributed by atoms with Gasteiger partial charge in [0.15, 0.2) is 0 Å². The fourth-order valence-corrected chi connectivity index (χ4v) is 2.87. The topological polar surface area (TPSA) is 23.6 Å². The van der Waals surface area contributed by atoms with Crippen LogP contribution in [0.25, 0.3) is 0 Å². The summed E-state index contributed by atoms with van der Waals surface area (Å²) in [4.78, 5) is 16.4. The van der Waals surface area contributed by atoms with Crippen LogP contribution in [0.1, 0.15) is 0 Å². The summed E-state index contributed by atoms with van der Waals surface area (Å²) in [6.45, 7) is 0.395. The molecule has 0 atom stereocenters. The Bertz CT molecular complexity index is 703. The minimum atomic E-state index is -0.148. The van der Waals surface area contributed by atoms with Crippen molar-refractivity contribution in [1.29, 1.82) is 0 Å². The Labute approximate surface area is 141 Å². The number of thiocarbonyl (C=S) groups is 1. The van der Waals surface area contributed by atoms with Crippen LogP contribution in [0.4, 0.5) is 16.2 Å². The molecule has 1 aliphatic rings. The maximum Gasteiger partial charge on any atom is 0.334 e. The monoisotopic (exact) mass is 380 g/mol. The normalized spacial score (nSPS) is 15.0. The van der Waals surface area contributed by atoms with Crippen molar-refractivity contribution in [2.24, 2.45) is 0 Å². The number of rotatable bonds is 2. The third kappa shape index (κ3) is 2.81. The van der Waals surface area contributed by atoms with Gasteiger partial charge in [0.2, 0.25) is 0 Å². The summed E-state index contributed by atoms with van der Waals surface area (Å²) in [7, 11) is 0. The first-order valence-corrected chi connectivity index (χ1v) is 7.80. The number of amides is 2. The fourth-order valence-electron chi connectivity index (χ4n) is 2.17. The van der Waals surface area contributed by atoms with Crippen molar-refractivity contribution in [3.05, 3.63) is 58.0 Å². The lowest BCUT2D eigenvalue weighted by atomic mass is 10.3. The maximum absolute atomic E-state index is 12.6. The first-order chi connectivity index (χ1) is 10.1. The molecular formula is C15H10BrClN2OS. The zero-order chi connectivity index (χ0) is 15.0. The second-order valence-electron chi connectivity index (χ2n) is 4.55. The van der Waals surface area contributed by atoms with Crippen LogP contribution in [0.5, 0.6) is 0 Å². The van der Waals surface area contributed by atoms with E-state index in [0.717, 1.165) is 15.8 Å². The van der Waals surface area contributed by atoms with Gasteiger partial charge in [0, 0.05) is 15.2 Å². The molecule has 1 aliphatic heterocycles. The lowest BCUT2D eigenvalue weighted by Gasteiger charge is -2.18. The van der Waals surface area contributed by atoms with Gasteiger partial charge in [-0.1, -0.05) is 39.7 Å². The van der Waals surface area contributed by atoms with Crippen molar-refractivity contribution in [2.45, 2.75) is 0 Å². The largest absolute Gasteiger partial charge is 0.334 e. The number of benzene rings is 2. The predicted molar refractivity (Wildman–Crippen MR) is 93.4 cm³/mol. The second-order valence-corrected chi connectivity index (χ2v) is 6.37. The molecule has 0 aromatic heterocycles. The Balaban J connectivity index is 1.92. The number of halogens is 2. The van der Waals surface area contributed by atoms with Gasteiger partial charge in [-0.2, -0.15) is 0 Å². The quantitative estimate of drug-likeness (QED) is 0.692. The molecule has 6 heteroatoms. The van der Waals surface area contributed by atoms with E-state index in [9.17, 15) is 4.79 Å². The highest BCUT2D eigenvalue weighted by atomic mass is 79.9. The molecule has 3 rings (SSSR count). The third-order valence-corrected chi connectivity index (χ3v) is 4.28. The van der Waals surface area contributed by atoms with E-state index in [1.807, 2.05) is 36.4 Å². The van der Waals surface area contributed by atoms with Crippen molar-refractivity contribution in [3.8, 4) is 0 Å². The Kier molecular flexibility index (Phi) is 3.97. The van der Waals surface area contributed by atoms with Crippen molar-refractivity contribution in [1.82, 2.24) is 0 Å². The lowest BCUT2D eigenvalue weighted by Crippen LogP contribution is -2.32. The van der Waals surface area contributed by atoms with Gasteiger partial charge in [-0.05, 0) is 48.5 Å². The van der Waals surface area contributed by atoms with Crippen LogP contribution in [-0.2, 0) is 0 Å². The summed E-state index contributed by atoms with van der Waals surface area (Å²) in [6, 6.07) is 14.5. The molecule has 2 amide bonds. The van der Waals surface area contributed by atoms with Gasteiger partial charge >= 0.3 is 6.03 Å². The van der Waals surface area contributed by atoms with Crippen LogP contribution in [0.15, 0.2) is 53.0 Å². The minimum absolute atomic E-state index is 0.148. The number of hydrogen-bond acceptors (Lipinski definition) is 2. The Morgan fingerprint density at radius 1 is 1.00 bits per heavy atom. The average molecular weight is 382 g/mol. The van der Waals surface area contributed by atoms with E-state index in [1.54, 1.807) is 21.9 Å². The Morgan fingerprint density at radius 2 is 1.57 bits per heavy atom. The van der Waals surface area contributed by atoms with Crippen LogP contribution in [0.3, 0.4) is 0 Å². The molecule has 21 heavy (non-hydrogen) atoms. The van der Waals surface area contributed by atoms with Crippen molar-refractivity contribution in [3.63, 3.8) is 0 Å². The standard InChI is InChI=1S/C15H10BrClN2OS/c16-10-1-5-13(6-2-10)19-14(21)9-18(15(19)20)12-7-3-11(17)4-8-12/h1-8H,9H2. The Hall–Kier alpha value is -1.43. The van der Waals surface area contributed by atoms with Crippen LogP contribution in [0.2, 0.25) is 5.02 Å². The molecule has 0 aliphatic carbocycles. The number of nitrogens with zero attached hydrogens (tertiary/aromatic N) is 2. The van der Waals surface area contributed by atoms with E-state index in [2.05, 4.69) is 15.9 Å². The predicted octanol–water partition coefficient (Wildman–Crippen LogP) is 4.88. The van der Waals surface area contributed by atoms with Gasteiger partial charge < -0.3 is 0 Å². The molecule has 2 aromatic rings. The van der Waals surface area contributed by atoms with E-state index in [0.29, 0.717) is 16.6 Å². The minimum Gasteiger partial charge on any atom is -0.287 e. The third-order valence-electron chi connectivity index (χ3n) is 3.19. The van der Waals surface area contributed by atoms with Crippen LogP contribution in [0, 0.1) is 0 Å². The second kappa shape index (κ2) is 5.75. The first kappa shape index (κ1) is 14.5. The number of urea groups is 1. The molecule has 2 aromatic carbocycles. The number of carbonyl (C=O) groups excluding carboxylic acids is 1. The summed E-state index contributed by atoms with van der Waals surface area (Å²) >= 11 is 14.6. The molecule has 1 fully saturated rings. The van der Waals surface area contributed by atoms with Crippen molar-refractivity contribution >= 4 is 62.1 Å². The van der Waals surface area contributed by atoms with Gasteiger partial charge in [0.1, 0.15) is 4.99 Å². The maximum atomic E-state index is 12.6. The molecule has 0 N–H and O–H groups in total. The molecule has 3 nitrogen and oxygen atoms in total. The van der Waals surface area contributed by atoms with Crippen LogP contribution >= 0.6 is 39.7 Å². The summed E-state index contributed by atoms with van der Waals surface area (Å²) in [6.07, 6.45) is 0. The molecular weight excluding hydrogens is 372 g/mol. The molecule has 0 spiro atoms. The van der Waals surface area contributed by atoms with E-state index >= 15 is 0 Å². The zero-order valence-corrected chi connectivity index (χ0v) is 14.0. The smallest absolute Gasteiger partial charge is 0.287 e. The van der Waals surface area contributed by atoms with E-state index in [1.165, 1.54) is 0 Å². The number of anilines is 2. The van der Waals surface area contributed by atoms with E-state index < -0.39 is 0 Å². The first-order valence-electron chi connectivity index (χ1n) is 6.22. The molecule has 0 saturated carbocycles. The molecule has 0 bridgehead atoms. The van der Waals surface area contributed by atoms with Gasteiger partial charge in [-0.15, -0.1) is 0 Å². The summed E-state index contributed by atoms with van der Waals surface area (Å²) in [5, 5.41) is 0.637. The van der Waals surface area contributed by atoms with Gasteiger partial charge in [0.25, 0.3) is 0 Å². The molecule has 0 unspecified atom stereocenters. The number of carbonyl (C=O) groups is 1. The molecule has 0 radical (unpaired) electrons. The molecule has 1 heterocycles. The highest BCUT2D eigenvalue weighted by Crippen LogP contribution is 2.28. The van der Waals surface area contributed by atoms with E-state index in [4.69, 9.17) is 23.8 Å².